The Morgan fingerprint density at radius 3 is 2.45 bits per heavy atom. The molecule has 0 aromatic rings. The number of hydrogen-bond acceptors (Lipinski definition) is 2. The molecule has 0 amide bonds. The first-order chi connectivity index (χ1) is 5.00. The van der Waals surface area contributed by atoms with Gasteiger partial charge in [-0.1, -0.05) is 0 Å². The molecule has 58 valence electrons. The summed E-state index contributed by atoms with van der Waals surface area (Å²) < 4.78 is 29.5. The van der Waals surface area contributed by atoms with E-state index in [0.717, 1.165) is 5.57 Å². The topological polar surface area (TPSA) is 54.4 Å². The van der Waals surface area contributed by atoms with Crippen LogP contribution in [0.25, 0.3) is 0 Å². The molecule has 0 radical (unpaired) electrons. The van der Waals surface area contributed by atoms with Crippen molar-refractivity contribution in [3.05, 3.63) is 34.8 Å². The molecule has 0 aromatic carbocycles. The number of allylic oxidation sites excluding steroid dienone is 5. The summed E-state index contributed by atoms with van der Waals surface area (Å²) in [5.41, 5.74) is 0.900. The fraction of sp³-hybridized carbons (Fsp3) is 0.143. The first kappa shape index (κ1) is 8.14. The van der Waals surface area contributed by atoms with Gasteiger partial charge in [0.2, 0.25) is 0 Å². The molecular formula is C7H7O3S+. The van der Waals surface area contributed by atoms with Crippen LogP contribution >= 0.6 is 0 Å². The fourth-order valence-electron chi connectivity index (χ4n) is 0.649. The van der Waals surface area contributed by atoms with Gasteiger partial charge in [0.25, 0.3) is 4.91 Å². The van der Waals surface area contributed by atoms with E-state index in [1.165, 1.54) is 12.2 Å². The molecule has 0 saturated heterocycles. The Labute approximate surface area is 65.5 Å². The summed E-state index contributed by atoms with van der Waals surface area (Å²) in [5.74, 6) is 0. The highest BCUT2D eigenvalue weighted by Crippen LogP contribution is 2.12. The molecular weight excluding hydrogens is 164 g/mol. The number of hydrogen-bond donors (Lipinski definition) is 1. The van der Waals surface area contributed by atoms with Gasteiger partial charge in [-0.2, -0.15) is 8.42 Å². The predicted molar refractivity (Wildman–Crippen MR) is 41.2 cm³/mol. The van der Waals surface area contributed by atoms with Gasteiger partial charge in [0.1, 0.15) is 6.08 Å². The van der Waals surface area contributed by atoms with E-state index >= 15 is 0 Å². The Hall–Kier alpha value is -0.960. The molecule has 0 aromatic heterocycles. The first-order valence-electron chi connectivity index (χ1n) is 2.96. The summed E-state index contributed by atoms with van der Waals surface area (Å²) in [6, 6.07) is 0. The lowest BCUT2D eigenvalue weighted by molar-refractivity contribution is 0.492. The average molecular weight is 171 g/mol. The molecule has 0 heterocycles. The normalized spacial score (nSPS) is 16.9. The van der Waals surface area contributed by atoms with E-state index in [0.29, 0.717) is 0 Å². The molecule has 0 bridgehead atoms. The Kier molecular flexibility index (Phi) is 1.91. The van der Waals surface area contributed by atoms with Crippen LogP contribution in [-0.4, -0.2) is 13.0 Å². The van der Waals surface area contributed by atoms with Crippen molar-refractivity contribution < 1.29 is 13.0 Å². The van der Waals surface area contributed by atoms with Gasteiger partial charge in [-0.25, -0.2) is 0 Å². The quantitative estimate of drug-likeness (QED) is 0.474. The van der Waals surface area contributed by atoms with E-state index in [-0.39, 0.29) is 4.91 Å². The Bertz CT molecular complexity index is 344. The third kappa shape index (κ3) is 1.98. The molecule has 1 N–H and O–H groups in total. The molecule has 0 aliphatic heterocycles. The van der Waals surface area contributed by atoms with Gasteiger partial charge < -0.3 is 0 Å². The molecule has 0 unspecified atom stereocenters. The van der Waals surface area contributed by atoms with Crippen molar-refractivity contribution in [2.24, 2.45) is 0 Å². The number of rotatable bonds is 1. The van der Waals surface area contributed by atoms with Crippen LogP contribution < -0.4 is 0 Å². The van der Waals surface area contributed by atoms with Crippen molar-refractivity contribution >= 4 is 10.1 Å². The molecule has 1 rings (SSSR count). The van der Waals surface area contributed by atoms with Gasteiger partial charge in [-0.3, -0.25) is 4.55 Å². The zero-order chi connectivity index (χ0) is 8.48. The molecule has 1 aliphatic rings. The minimum Gasteiger partial charge on any atom is -0.279 e. The van der Waals surface area contributed by atoms with E-state index in [1.54, 1.807) is 6.08 Å². The van der Waals surface area contributed by atoms with Crippen LogP contribution in [0.5, 0.6) is 0 Å². The maximum atomic E-state index is 10.5. The minimum absolute atomic E-state index is 0.192. The van der Waals surface area contributed by atoms with E-state index in [1.807, 2.05) is 6.92 Å². The van der Waals surface area contributed by atoms with Crippen molar-refractivity contribution in [2.45, 2.75) is 6.92 Å². The van der Waals surface area contributed by atoms with Crippen LogP contribution in [0.3, 0.4) is 0 Å². The van der Waals surface area contributed by atoms with Crippen LogP contribution in [0.15, 0.2) is 28.7 Å². The fourth-order valence-corrected chi connectivity index (χ4v) is 1.10. The van der Waals surface area contributed by atoms with Gasteiger partial charge in [0, 0.05) is 6.92 Å². The SMILES string of the molecule is CC1=C[C+]=C(S(=O)(=O)O)C=C1. The second-order valence-corrected chi connectivity index (χ2v) is 3.60. The zero-order valence-corrected chi connectivity index (χ0v) is 6.72. The van der Waals surface area contributed by atoms with Crippen molar-refractivity contribution in [1.82, 2.24) is 0 Å². The van der Waals surface area contributed by atoms with Gasteiger partial charge >= 0.3 is 10.1 Å². The Morgan fingerprint density at radius 1 is 1.45 bits per heavy atom. The van der Waals surface area contributed by atoms with Crippen LogP contribution in [0.2, 0.25) is 0 Å². The first-order valence-corrected chi connectivity index (χ1v) is 4.40. The van der Waals surface area contributed by atoms with Gasteiger partial charge in [0.15, 0.2) is 0 Å². The lowest BCUT2D eigenvalue weighted by Gasteiger charge is -1.90. The lowest BCUT2D eigenvalue weighted by atomic mass is 10.2. The second kappa shape index (κ2) is 2.58. The van der Waals surface area contributed by atoms with Crippen molar-refractivity contribution in [3.8, 4) is 0 Å². The van der Waals surface area contributed by atoms with Gasteiger partial charge in [-0.05, 0) is 0 Å². The van der Waals surface area contributed by atoms with Crippen molar-refractivity contribution in [1.29, 1.82) is 0 Å². The van der Waals surface area contributed by atoms with Crippen molar-refractivity contribution in [3.63, 3.8) is 0 Å². The molecule has 11 heavy (non-hydrogen) atoms. The molecule has 1 aliphatic carbocycles. The molecule has 0 saturated carbocycles. The summed E-state index contributed by atoms with van der Waals surface area (Å²) in [6.45, 7) is 1.81. The average Bonchev–Trinajstić information content (AvgIpc) is 1.86. The molecule has 3 nitrogen and oxygen atoms in total. The molecule has 4 heteroatoms. The van der Waals surface area contributed by atoms with E-state index < -0.39 is 10.1 Å². The van der Waals surface area contributed by atoms with Crippen LogP contribution in [0.1, 0.15) is 6.92 Å². The minimum atomic E-state index is -4.08. The van der Waals surface area contributed by atoms with E-state index in [9.17, 15) is 8.42 Å². The molecule has 0 atom stereocenters. The predicted octanol–water partition coefficient (Wildman–Crippen LogP) is 1.08. The highest BCUT2D eigenvalue weighted by atomic mass is 32.2. The van der Waals surface area contributed by atoms with Crippen LogP contribution in [-0.2, 0) is 10.1 Å². The third-order valence-corrected chi connectivity index (χ3v) is 2.03. The highest BCUT2D eigenvalue weighted by Gasteiger charge is 2.19. The highest BCUT2D eigenvalue weighted by molar-refractivity contribution is 7.90. The summed E-state index contributed by atoms with van der Waals surface area (Å²) in [6.07, 6.45) is 6.85. The second-order valence-electron chi connectivity index (χ2n) is 2.21. The van der Waals surface area contributed by atoms with Gasteiger partial charge in [-0.15, -0.1) is 0 Å². The van der Waals surface area contributed by atoms with Crippen LogP contribution in [0.4, 0.5) is 0 Å². The lowest BCUT2D eigenvalue weighted by Crippen LogP contribution is -2.00. The van der Waals surface area contributed by atoms with Gasteiger partial charge in [0.05, 0.1) is 23.8 Å². The van der Waals surface area contributed by atoms with Crippen molar-refractivity contribution in [2.75, 3.05) is 0 Å². The summed E-state index contributed by atoms with van der Waals surface area (Å²) in [7, 11) is -4.08. The van der Waals surface area contributed by atoms with E-state index in [4.69, 9.17) is 4.55 Å². The Morgan fingerprint density at radius 2 is 2.09 bits per heavy atom. The largest absolute Gasteiger partial charge is 0.328 e. The molecule has 0 fully saturated rings. The zero-order valence-electron chi connectivity index (χ0n) is 5.90. The Balaban J connectivity index is 3.08. The maximum Gasteiger partial charge on any atom is 0.328 e. The monoisotopic (exact) mass is 171 g/mol. The van der Waals surface area contributed by atoms with Crippen LogP contribution in [0, 0.1) is 6.08 Å². The maximum absolute atomic E-state index is 10.5. The molecule has 0 spiro atoms. The standard InChI is InChI=1S/C7H6O3S/c1-6-2-4-7(5-3-6)11(8,9)10/h2-4H,1H3/p+1. The summed E-state index contributed by atoms with van der Waals surface area (Å²) in [4.78, 5) is -0.192. The summed E-state index contributed by atoms with van der Waals surface area (Å²) >= 11 is 0. The third-order valence-electron chi connectivity index (χ3n) is 1.22. The smallest absolute Gasteiger partial charge is 0.279 e. The summed E-state index contributed by atoms with van der Waals surface area (Å²) in [5, 5.41) is 0. The van der Waals surface area contributed by atoms with E-state index in [2.05, 4.69) is 6.08 Å².